The quantitative estimate of drug-likeness (QED) is 0.762. The van der Waals surface area contributed by atoms with Crippen LogP contribution in [0.4, 0.5) is 10.1 Å². The molecule has 0 atom stereocenters. The third-order valence-corrected chi connectivity index (χ3v) is 4.28. The number of nitrogens with zero attached hydrogens (tertiary/aromatic N) is 1. The van der Waals surface area contributed by atoms with E-state index in [0.717, 1.165) is 37.9 Å². The Bertz CT molecular complexity index is 436. The van der Waals surface area contributed by atoms with Gasteiger partial charge in [-0.15, -0.1) is 0 Å². The molecule has 1 heterocycles. The number of aldehydes is 1. The van der Waals surface area contributed by atoms with Gasteiger partial charge in [-0.3, -0.25) is 4.79 Å². The van der Waals surface area contributed by atoms with Gasteiger partial charge in [-0.25, -0.2) is 4.39 Å². The maximum Gasteiger partial charge on any atom is 0.152 e. The Morgan fingerprint density at radius 1 is 1.39 bits per heavy atom. The number of anilines is 1. The molecule has 0 saturated carbocycles. The van der Waals surface area contributed by atoms with Crippen LogP contribution in [-0.4, -0.2) is 19.4 Å². The van der Waals surface area contributed by atoms with Crippen molar-refractivity contribution in [3.8, 4) is 0 Å². The molecule has 0 unspecified atom stereocenters. The summed E-state index contributed by atoms with van der Waals surface area (Å²) in [5.41, 5.74) is 1.73. The molecule has 0 aliphatic carbocycles. The largest absolute Gasteiger partial charge is 0.371 e. The fourth-order valence-electron chi connectivity index (χ4n) is 2.55. The number of benzene rings is 1. The van der Waals surface area contributed by atoms with Crippen LogP contribution in [0.3, 0.4) is 0 Å². The molecule has 2 nitrogen and oxygen atoms in total. The smallest absolute Gasteiger partial charge is 0.152 e. The first kappa shape index (κ1) is 13.1. The van der Waals surface area contributed by atoms with E-state index in [1.165, 1.54) is 18.6 Å². The van der Waals surface area contributed by atoms with Gasteiger partial charge < -0.3 is 4.90 Å². The molecule has 1 aromatic carbocycles. The molecular formula is C15H20FNO. The molecule has 1 saturated heterocycles. The molecule has 0 aromatic heterocycles. The van der Waals surface area contributed by atoms with E-state index < -0.39 is 0 Å². The van der Waals surface area contributed by atoms with Crippen molar-refractivity contribution < 1.29 is 9.18 Å². The first-order chi connectivity index (χ1) is 8.58. The molecule has 0 spiro atoms. The standard InChI is InChI=1S/C15H20FNO/c1-3-15(2)6-8-17(9-7-15)14-5-4-13(16)10-12(14)11-18/h4-5,10-11H,3,6-9H2,1-2H3. The molecule has 1 aliphatic rings. The van der Waals surface area contributed by atoms with Crippen LogP contribution in [0.5, 0.6) is 0 Å². The van der Waals surface area contributed by atoms with Crippen molar-refractivity contribution in [2.75, 3.05) is 18.0 Å². The van der Waals surface area contributed by atoms with Crippen LogP contribution in [0.1, 0.15) is 43.5 Å². The molecule has 0 amide bonds. The fourth-order valence-corrected chi connectivity index (χ4v) is 2.55. The van der Waals surface area contributed by atoms with Gasteiger partial charge in [-0.1, -0.05) is 20.3 Å². The summed E-state index contributed by atoms with van der Waals surface area (Å²) in [5, 5.41) is 0. The van der Waals surface area contributed by atoms with Crippen molar-refractivity contribution in [2.45, 2.75) is 33.1 Å². The first-order valence-electron chi connectivity index (χ1n) is 6.58. The Kier molecular flexibility index (Phi) is 3.69. The van der Waals surface area contributed by atoms with Gasteiger partial charge in [0.05, 0.1) is 0 Å². The molecule has 2 rings (SSSR count). The number of piperidine rings is 1. The van der Waals surface area contributed by atoms with Crippen molar-refractivity contribution in [2.24, 2.45) is 5.41 Å². The summed E-state index contributed by atoms with van der Waals surface area (Å²) in [7, 11) is 0. The Hall–Kier alpha value is -1.38. The first-order valence-corrected chi connectivity index (χ1v) is 6.58. The summed E-state index contributed by atoms with van der Waals surface area (Å²) in [6.45, 7) is 6.42. The second-order valence-electron chi connectivity index (χ2n) is 5.47. The topological polar surface area (TPSA) is 20.3 Å². The Morgan fingerprint density at radius 2 is 2.06 bits per heavy atom. The summed E-state index contributed by atoms with van der Waals surface area (Å²) in [6, 6.07) is 4.46. The number of rotatable bonds is 3. The van der Waals surface area contributed by atoms with Gasteiger partial charge in [-0.2, -0.15) is 0 Å². The highest BCUT2D eigenvalue weighted by atomic mass is 19.1. The molecule has 3 heteroatoms. The van der Waals surface area contributed by atoms with E-state index in [-0.39, 0.29) is 5.82 Å². The second-order valence-corrected chi connectivity index (χ2v) is 5.47. The van der Waals surface area contributed by atoms with Crippen LogP contribution in [0.15, 0.2) is 18.2 Å². The van der Waals surface area contributed by atoms with Gasteiger partial charge in [0.2, 0.25) is 0 Å². The number of hydrogen-bond acceptors (Lipinski definition) is 2. The minimum Gasteiger partial charge on any atom is -0.371 e. The minimum absolute atomic E-state index is 0.351. The van der Waals surface area contributed by atoms with Crippen LogP contribution in [0.2, 0.25) is 0 Å². The van der Waals surface area contributed by atoms with E-state index in [0.29, 0.717) is 11.0 Å². The van der Waals surface area contributed by atoms with Gasteiger partial charge in [0.1, 0.15) is 5.82 Å². The second kappa shape index (κ2) is 5.09. The summed E-state index contributed by atoms with van der Waals surface area (Å²) in [5.74, 6) is -0.351. The van der Waals surface area contributed by atoms with Crippen molar-refractivity contribution in [3.05, 3.63) is 29.6 Å². The maximum absolute atomic E-state index is 13.1. The maximum atomic E-state index is 13.1. The van der Waals surface area contributed by atoms with Crippen LogP contribution >= 0.6 is 0 Å². The van der Waals surface area contributed by atoms with Crippen LogP contribution in [0.25, 0.3) is 0 Å². The number of halogens is 1. The summed E-state index contributed by atoms with van der Waals surface area (Å²) in [6.07, 6.45) is 4.18. The Balaban J connectivity index is 2.17. The van der Waals surface area contributed by atoms with Crippen LogP contribution < -0.4 is 4.90 Å². The zero-order chi connectivity index (χ0) is 13.2. The van der Waals surface area contributed by atoms with E-state index in [1.54, 1.807) is 6.07 Å². The molecular weight excluding hydrogens is 229 g/mol. The molecule has 0 radical (unpaired) electrons. The van der Waals surface area contributed by atoms with Crippen LogP contribution in [-0.2, 0) is 0 Å². The minimum atomic E-state index is -0.351. The van der Waals surface area contributed by atoms with E-state index in [4.69, 9.17) is 0 Å². The number of hydrogen-bond donors (Lipinski definition) is 0. The predicted molar refractivity (Wildman–Crippen MR) is 71.6 cm³/mol. The van der Waals surface area contributed by atoms with Crippen molar-refractivity contribution in [1.29, 1.82) is 0 Å². The monoisotopic (exact) mass is 249 g/mol. The summed E-state index contributed by atoms with van der Waals surface area (Å²) in [4.78, 5) is 13.2. The van der Waals surface area contributed by atoms with E-state index in [9.17, 15) is 9.18 Å². The van der Waals surface area contributed by atoms with Crippen LogP contribution in [0, 0.1) is 11.2 Å². The highest BCUT2D eigenvalue weighted by molar-refractivity contribution is 5.84. The zero-order valence-electron chi connectivity index (χ0n) is 11.1. The lowest BCUT2D eigenvalue weighted by Gasteiger charge is -2.40. The number of carbonyl (C=O) groups excluding carboxylic acids is 1. The molecule has 0 bridgehead atoms. The van der Waals surface area contributed by atoms with Crippen molar-refractivity contribution >= 4 is 12.0 Å². The summed E-state index contributed by atoms with van der Waals surface area (Å²) < 4.78 is 13.1. The van der Waals surface area contributed by atoms with Crippen molar-refractivity contribution in [3.63, 3.8) is 0 Å². The molecule has 1 aromatic rings. The molecule has 1 aliphatic heterocycles. The van der Waals surface area contributed by atoms with Gasteiger partial charge >= 0.3 is 0 Å². The highest BCUT2D eigenvalue weighted by Gasteiger charge is 2.28. The van der Waals surface area contributed by atoms with Crippen molar-refractivity contribution in [1.82, 2.24) is 0 Å². The third kappa shape index (κ3) is 2.55. The van der Waals surface area contributed by atoms with Gasteiger partial charge in [0.25, 0.3) is 0 Å². The SMILES string of the molecule is CCC1(C)CCN(c2ccc(F)cc2C=O)CC1. The Labute approximate surface area is 108 Å². The van der Waals surface area contributed by atoms with Gasteiger partial charge in [0.15, 0.2) is 6.29 Å². The van der Waals surface area contributed by atoms with E-state index in [2.05, 4.69) is 18.7 Å². The Morgan fingerprint density at radius 3 is 2.61 bits per heavy atom. The lowest BCUT2D eigenvalue weighted by molar-refractivity contribution is 0.112. The average Bonchev–Trinajstić information content (AvgIpc) is 2.40. The average molecular weight is 249 g/mol. The molecule has 0 N–H and O–H groups in total. The fraction of sp³-hybridized carbons (Fsp3) is 0.533. The third-order valence-electron chi connectivity index (χ3n) is 4.28. The molecule has 98 valence electrons. The zero-order valence-corrected chi connectivity index (χ0v) is 11.1. The highest BCUT2D eigenvalue weighted by Crippen LogP contribution is 2.36. The van der Waals surface area contributed by atoms with Gasteiger partial charge in [0, 0.05) is 24.3 Å². The van der Waals surface area contributed by atoms with Gasteiger partial charge in [-0.05, 0) is 36.5 Å². The normalized spacial score (nSPS) is 18.7. The lowest BCUT2D eigenvalue weighted by Crippen LogP contribution is -2.38. The predicted octanol–water partition coefficient (Wildman–Crippen LogP) is 3.65. The molecule has 1 fully saturated rings. The number of carbonyl (C=O) groups is 1. The lowest BCUT2D eigenvalue weighted by atomic mass is 9.78. The van der Waals surface area contributed by atoms with E-state index >= 15 is 0 Å². The molecule has 18 heavy (non-hydrogen) atoms. The summed E-state index contributed by atoms with van der Waals surface area (Å²) >= 11 is 0. The van der Waals surface area contributed by atoms with E-state index in [1.807, 2.05) is 0 Å².